The molecule has 0 unspecified atom stereocenters. The van der Waals surface area contributed by atoms with E-state index >= 15 is 0 Å². The van der Waals surface area contributed by atoms with Crippen LogP contribution in [0.25, 0.3) is 22.2 Å². The van der Waals surface area contributed by atoms with E-state index in [4.69, 9.17) is 4.98 Å². The van der Waals surface area contributed by atoms with Gasteiger partial charge in [-0.3, -0.25) is 19.4 Å². The highest BCUT2D eigenvalue weighted by Gasteiger charge is 2.26. The zero-order valence-corrected chi connectivity index (χ0v) is 20.1. The molecule has 3 aromatic rings. The Morgan fingerprint density at radius 1 is 1.09 bits per heavy atom. The number of aliphatic hydroxyl groups is 1. The van der Waals surface area contributed by atoms with Gasteiger partial charge in [0.05, 0.1) is 23.1 Å². The molecular weight excluding hydrogens is 426 g/mol. The van der Waals surface area contributed by atoms with Crippen LogP contribution in [0.4, 0.5) is 0 Å². The van der Waals surface area contributed by atoms with Gasteiger partial charge in [-0.05, 0) is 75.7 Å². The zero-order chi connectivity index (χ0) is 23.5. The molecule has 7 heteroatoms. The number of fused-ring (bicyclic) bond motifs is 1. The van der Waals surface area contributed by atoms with Crippen molar-refractivity contribution >= 4 is 16.7 Å². The van der Waals surface area contributed by atoms with E-state index in [2.05, 4.69) is 21.0 Å². The van der Waals surface area contributed by atoms with E-state index in [1.54, 1.807) is 0 Å². The maximum absolute atomic E-state index is 12.9. The van der Waals surface area contributed by atoms with Gasteiger partial charge in [-0.15, -0.1) is 0 Å². The molecule has 1 saturated carbocycles. The van der Waals surface area contributed by atoms with Gasteiger partial charge >= 0.3 is 0 Å². The third-order valence-corrected chi connectivity index (χ3v) is 7.71. The number of aryl methyl sites for hydroxylation is 1. The van der Waals surface area contributed by atoms with Crippen LogP contribution in [0, 0.1) is 11.8 Å². The van der Waals surface area contributed by atoms with Crippen LogP contribution in [0.5, 0.6) is 0 Å². The summed E-state index contributed by atoms with van der Waals surface area (Å²) in [4.78, 5) is 24.9. The lowest BCUT2D eigenvalue weighted by Crippen LogP contribution is -2.30. The topological polar surface area (TPSA) is 84.1 Å². The molecule has 2 fully saturated rings. The predicted octanol–water partition coefficient (Wildman–Crippen LogP) is 3.93. The Balaban J connectivity index is 1.34. The van der Waals surface area contributed by atoms with Gasteiger partial charge in [0.2, 0.25) is 0 Å². The molecule has 0 radical (unpaired) electrons. The number of hydrogen-bond acceptors (Lipinski definition) is 6. The fourth-order valence-electron chi connectivity index (χ4n) is 5.49. The maximum Gasteiger partial charge on any atom is 0.141 e. The largest absolute Gasteiger partial charge is 0.396 e. The van der Waals surface area contributed by atoms with Gasteiger partial charge in [-0.2, -0.15) is 5.10 Å². The van der Waals surface area contributed by atoms with Crippen LogP contribution >= 0.6 is 0 Å². The first-order valence-electron chi connectivity index (χ1n) is 12.7. The Bertz CT molecular complexity index is 1140. The molecule has 0 amide bonds. The van der Waals surface area contributed by atoms with E-state index in [0.717, 1.165) is 73.2 Å². The van der Waals surface area contributed by atoms with Gasteiger partial charge in [0.15, 0.2) is 0 Å². The number of carbonyl (C=O) groups is 1. The number of Topliss-reactive ketones (excluding diaryl/α,β-unsaturated/α-hetero) is 1. The first-order valence-corrected chi connectivity index (χ1v) is 12.7. The minimum Gasteiger partial charge on any atom is -0.396 e. The monoisotopic (exact) mass is 461 g/mol. The molecule has 180 valence electrons. The molecule has 5 rings (SSSR count). The van der Waals surface area contributed by atoms with Crippen molar-refractivity contribution in [2.75, 3.05) is 19.7 Å². The van der Waals surface area contributed by atoms with Gasteiger partial charge in [0.25, 0.3) is 0 Å². The summed E-state index contributed by atoms with van der Waals surface area (Å²) in [7, 11) is 2.01. The van der Waals surface area contributed by atoms with E-state index < -0.39 is 0 Å². The number of aromatic nitrogens is 4. The third-order valence-electron chi connectivity index (χ3n) is 7.71. The third kappa shape index (κ3) is 5.05. The second-order valence-corrected chi connectivity index (χ2v) is 10.1. The van der Waals surface area contributed by atoms with Crippen LogP contribution in [0.1, 0.15) is 56.3 Å². The summed E-state index contributed by atoms with van der Waals surface area (Å²) in [6, 6.07) is 6.08. The molecule has 4 heterocycles. The highest BCUT2D eigenvalue weighted by molar-refractivity contribution is 5.85. The summed E-state index contributed by atoms with van der Waals surface area (Å²) in [5.74, 6) is 0.709. The van der Waals surface area contributed by atoms with E-state index in [9.17, 15) is 9.90 Å². The Morgan fingerprint density at radius 2 is 1.88 bits per heavy atom. The van der Waals surface area contributed by atoms with Crippen LogP contribution in [0.2, 0.25) is 0 Å². The summed E-state index contributed by atoms with van der Waals surface area (Å²) in [5.41, 5.74) is 4.83. The lowest BCUT2D eigenvalue weighted by molar-refractivity contribution is -0.123. The Morgan fingerprint density at radius 3 is 2.65 bits per heavy atom. The van der Waals surface area contributed by atoms with Crippen molar-refractivity contribution in [3.63, 3.8) is 0 Å². The molecule has 3 aromatic heterocycles. The number of ketones is 1. The van der Waals surface area contributed by atoms with Crippen molar-refractivity contribution in [3.05, 3.63) is 42.0 Å². The van der Waals surface area contributed by atoms with Gasteiger partial charge in [0.1, 0.15) is 5.78 Å². The molecule has 1 aliphatic carbocycles. The molecule has 34 heavy (non-hydrogen) atoms. The average molecular weight is 462 g/mol. The molecule has 0 aromatic carbocycles. The van der Waals surface area contributed by atoms with Crippen LogP contribution in [-0.4, -0.2) is 55.2 Å². The van der Waals surface area contributed by atoms with E-state index in [1.807, 2.05) is 36.3 Å². The molecule has 0 spiro atoms. The van der Waals surface area contributed by atoms with Gasteiger partial charge < -0.3 is 5.11 Å². The second kappa shape index (κ2) is 10.3. The van der Waals surface area contributed by atoms with Gasteiger partial charge in [0, 0.05) is 55.4 Å². The molecule has 0 bridgehead atoms. The first-order chi connectivity index (χ1) is 16.6. The zero-order valence-electron chi connectivity index (χ0n) is 20.1. The number of carbonyl (C=O) groups excluding carboxylic acids is 1. The van der Waals surface area contributed by atoms with Crippen molar-refractivity contribution in [2.45, 2.75) is 57.9 Å². The first kappa shape index (κ1) is 23.1. The lowest BCUT2D eigenvalue weighted by Gasteiger charge is -2.26. The number of nitrogens with zero attached hydrogens (tertiary/aromatic N) is 5. The fourth-order valence-corrected chi connectivity index (χ4v) is 5.49. The van der Waals surface area contributed by atoms with Crippen molar-refractivity contribution in [1.29, 1.82) is 0 Å². The van der Waals surface area contributed by atoms with Crippen LogP contribution in [-0.2, 0) is 24.8 Å². The van der Waals surface area contributed by atoms with Crippen LogP contribution in [0.15, 0.2) is 30.6 Å². The highest BCUT2D eigenvalue weighted by Crippen LogP contribution is 2.30. The lowest BCUT2D eigenvalue weighted by atomic mass is 9.79. The van der Waals surface area contributed by atoms with Crippen LogP contribution in [0.3, 0.4) is 0 Å². The summed E-state index contributed by atoms with van der Waals surface area (Å²) in [6.45, 7) is 3.40. The smallest absolute Gasteiger partial charge is 0.141 e. The Labute approximate surface area is 201 Å². The number of hydrogen-bond donors (Lipinski definition) is 1. The minimum atomic E-state index is 0.0901. The van der Waals surface area contributed by atoms with E-state index in [1.165, 1.54) is 25.0 Å². The van der Waals surface area contributed by atoms with Crippen molar-refractivity contribution in [1.82, 2.24) is 24.6 Å². The SMILES string of the molecule is Cn1ncc(-c2ccc3cnc(CC(=O)C4CCC(CO)CC4)cc3n2)c1CN1CCCCC1. The van der Waals surface area contributed by atoms with Crippen molar-refractivity contribution in [3.8, 4) is 11.3 Å². The number of rotatable bonds is 7. The maximum atomic E-state index is 12.9. The standard InChI is InChI=1S/C27H35N5O2/c1-31-26(17-32-11-3-2-4-12-32)23(16-29-31)24-10-9-21-15-28-22(13-25(21)30-24)14-27(34)20-7-5-19(18-33)6-8-20/h9-10,13,15-16,19-20,33H,2-8,11-12,14,17-18H2,1H3. The van der Waals surface area contributed by atoms with Gasteiger partial charge in [-0.25, -0.2) is 4.98 Å². The number of pyridine rings is 2. The second-order valence-electron chi connectivity index (χ2n) is 10.1. The Hall–Kier alpha value is -2.64. The molecule has 0 atom stereocenters. The van der Waals surface area contributed by atoms with Gasteiger partial charge in [-0.1, -0.05) is 6.42 Å². The molecule has 1 N–H and O–H groups in total. The predicted molar refractivity (Wildman–Crippen MR) is 132 cm³/mol. The molecule has 1 saturated heterocycles. The fraction of sp³-hybridized carbons (Fsp3) is 0.556. The molecule has 7 nitrogen and oxygen atoms in total. The van der Waals surface area contributed by atoms with E-state index in [-0.39, 0.29) is 18.3 Å². The minimum absolute atomic E-state index is 0.0901. The quantitative estimate of drug-likeness (QED) is 0.574. The summed E-state index contributed by atoms with van der Waals surface area (Å²) < 4.78 is 1.97. The highest BCUT2D eigenvalue weighted by atomic mass is 16.3. The van der Waals surface area contributed by atoms with Crippen molar-refractivity contribution in [2.24, 2.45) is 18.9 Å². The average Bonchev–Trinajstić information content (AvgIpc) is 3.24. The number of piperidine rings is 1. The summed E-state index contributed by atoms with van der Waals surface area (Å²) >= 11 is 0. The Kier molecular flexibility index (Phi) is 7.02. The summed E-state index contributed by atoms with van der Waals surface area (Å²) in [5, 5.41) is 14.9. The summed E-state index contributed by atoms with van der Waals surface area (Å²) in [6.07, 6.45) is 11.6. The van der Waals surface area contributed by atoms with Crippen LogP contribution < -0.4 is 0 Å². The molecule has 1 aliphatic heterocycles. The molecule has 2 aliphatic rings. The van der Waals surface area contributed by atoms with E-state index in [0.29, 0.717) is 12.3 Å². The number of likely N-dealkylation sites (tertiary alicyclic amines) is 1. The molecular formula is C27H35N5O2. The normalized spacial score (nSPS) is 21.7. The van der Waals surface area contributed by atoms with Crippen molar-refractivity contribution < 1.29 is 9.90 Å². The number of aliphatic hydroxyl groups excluding tert-OH is 1.